The lowest BCUT2D eigenvalue weighted by molar-refractivity contribution is -0.131. The van der Waals surface area contributed by atoms with Crippen molar-refractivity contribution >= 4 is 17.9 Å². The van der Waals surface area contributed by atoms with E-state index in [0.29, 0.717) is 11.8 Å². The maximum absolute atomic E-state index is 11.4. The number of carbonyl (C=O) groups excluding carboxylic acids is 2. The molecule has 0 saturated carbocycles. The minimum absolute atomic E-state index is 0.377. The van der Waals surface area contributed by atoms with Gasteiger partial charge < -0.3 is 10.4 Å². The SMILES string of the molecule is CC(NC(=O)NC(=O)/C=C/C(=O)O)c1ccccn1. The zero-order valence-corrected chi connectivity index (χ0v) is 10.2. The van der Waals surface area contributed by atoms with Gasteiger partial charge in [0.1, 0.15) is 0 Å². The molecule has 1 unspecified atom stereocenters. The number of aromatic nitrogens is 1. The predicted molar refractivity (Wildman–Crippen MR) is 66.1 cm³/mol. The molecule has 1 aromatic heterocycles. The van der Waals surface area contributed by atoms with Gasteiger partial charge in [-0.2, -0.15) is 0 Å². The molecule has 0 aromatic carbocycles. The van der Waals surface area contributed by atoms with E-state index in [1.54, 1.807) is 31.3 Å². The smallest absolute Gasteiger partial charge is 0.328 e. The Morgan fingerprint density at radius 2 is 2.05 bits per heavy atom. The summed E-state index contributed by atoms with van der Waals surface area (Å²) in [5, 5.41) is 12.8. The lowest BCUT2D eigenvalue weighted by Gasteiger charge is -2.12. The molecular formula is C12H13N3O4. The van der Waals surface area contributed by atoms with Crippen molar-refractivity contribution in [2.45, 2.75) is 13.0 Å². The third kappa shape index (κ3) is 5.44. The first kappa shape index (κ1) is 14.4. The maximum Gasteiger partial charge on any atom is 0.328 e. The van der Waals surface area contributed by atoms with E-state index < -0.39 is 17.9 Å². The fraction of sp³-hybridized carbons (Fsp3) is 0.167. The summed E-state index contributed by atoms with van der Waals surface area (Å²) in [5.41, 5.74) is 0.645. The van der Waals surface area contributed by atoms with Crippen molar-refractivity contribution in [3.63, 3.8) is 0 Å². The average molecular weight is 263 g/mol. The number of hydrogen-bond donors (Lipinski definition) is 3. The fourth-order valence-electron chi connectivity index (χ4n) is 1.24. The van der Waals surface area contributed by atoms with Gasteiger partial charge in [0.05, 0.1) is 11.7 Å². The Labute approximate surface area is 109 Å². The molecule has 100 valence electrons. The number of carboxylic acids is 1. The van der Waals surface area contributed by atoms with Crippen LogP contribution in [0.4, 0.5) is 4.79 Å². The van der Waals surface area contributed by atoms with Crippen molar-refractivity contribution in [1.82, 2.24) is 15.6 Å². The molecule has 0 saturated heterocycles. The number of rotatable bonds is 4. The number of urea groups is 1. The number of imide groups is 1. The van der Waals surface area contributed by atoms with Gasteiger partial charge in [0, 0.05) is 18.3 Å². The van der Waals surface area contributed by atoms with Crippen LogP contribution in [0.3, 0.4) is 0 Å². The summed E-state index contributed by atoms with van der Waals surface area (Å²) >= 11 is 0. The molecule has 1 rings (SSSR count). The van der Waals surface area contributed by atoms with E-state index in [4.69, 9.17) is 5.11 Å². The van der Waals surface area contributed by atoms with Crippen LogP contribution in [0.5, 0.6) is 0 Å². The van der Waals surface area contributed by atoms with Gasteiger partial charge >= 0.3 is 12.0 Å². The van der Waals surface area contributed by atoms with E-state index in [2.05, 4.69) is 10.3 Å². The molecule has 3 amide bonds. The van der Waals surface area contributed by atoms with Gasteiger partial charge in [-0.15, -0.1) is 0 Å². The number of amides is 3. The summed E-state index contributed by atoms with van der Waals surface area (Å²) in [6.07, 6.45) is 2.99. The van der Waals surface area contributed by atoms with E-state index in [0.717, 1.165) is 6.08 Å². The Hall–Kier alpha value is -2.70. The van der Waals surface area contributed by atoms with Crippen LogP contribution in [0.25, 0.3) is 0 Å². The molecule has 7 heteroatoms. The van der Waals surface area contributed by atoms with Gasteiger partial charge in [-0.25, -0.2) is 9.59 Å². The van der Waals surface area contributed by atoms with Crippen LogP contribution in [0, 0.1) is 0 Å². The molecule has 1 atom stereocenters. The van der Waals surface area contributed by atoms with Crippen LogP contribution in [0.1, 0.15) is 18.7 Å². The minimum Gasteiger partial charge on any atom is -0.478 e. The number of aliphatic carboxylic acids is 1. The molecule has 0 bridgehead atoms. The highest BCUT2D eigenvalue weighted by Gasteiger charge is 2.11. The molecule has 19 heavy (non-hydrogen) atoms. The molecule has 0 spiro atoms. The Morgan fingerprint density at radius 1 is 1.32 bits per heavy atom. The minimum atomic E-state index is -1.27. The van der Waals surface area contributed by atoms with Crippen molar-refractivity contribution < 1.29 is 19.5 Å². The van der Waals surface area contributed by atoms with Gasteiger partial charge in [0.2, 0.25) is 0 Å². The van der Waals surface area contributed by atoms with Crippen LogP contribution in [0.2, 0.25) is 0 Å². The van der Waals surface area contributed by atoms with E-state index in [9.17, 15) is 14.4 Å². The van der Waals surface area contributed by atoms with Crippen molar-refractivity contribution in [2.24, 2.45) is 0 Å². The predicted octanol–water partition coefficient (Wildman–Crippen LogP) is 0.609. The zero-order valence-electron chi connectivity index (χ0n) is 10.2. The van der Waals surface area contributed by atoms with Crippen LogP contribution >= 0.6 is 0 Å². The van der Waals surface area contributed by atoms with Crippen LogP contribution in [-0.2, 0) is 9.59 Å². The van der Waals surface area contributed by atoms with E-state index in [-0.39, 0.29) is 6.04 Å². The van der Waals surface area contributed by atoms with Crippen LogP contribution in [0.15, 0.2) is 36.5 Å². The molecular weight excluding hydrogens is 250 g/mol. The van der Waals surface area contributed by atoms with Gasteiger partial charge in [-0.1, -0.05) is 6.07 Å². The first-order chi connectivity index (χ1) is 8.99. The second-order valence-corrected chi connectivity index (χ2v) is 3.61. The van der Waals surface area contributed by atoms with Gasteiger partial charge in [-0.05, 0) is 19.1 Å². The summed E-state index contributed by atoms with van der Waals surface area (Å²) in [6, 6.07) is 4.16. The number of hydrogen-bond acceptors (Lipinski definition) is 4. The lowest BCUT2D eigenvalue weighted by Crippen LogP contribution is -2.40. The van der Waals surface area contributed by atoms with E-state index >= 15 is 0 Å². The molecule has 3 N–H and O–H groups in total. The quantitative estimate of drug-likeness (QED) is 0.690. The third-order valence-electron chi connectivity index (χ3n) is 2.09. The Morgan fingerprint density at radius 3 is 2.63 bits per heavy atom. The summed E-state index contributed by atoms with van der Waals surface area (Å²) in [4.78, 5) is 36.8. The van der Waals surface area contributed by atoms with Gasteiger partial charge in [0.25, 0.3) is 5.91 Å². The Bertz CT molecular complexity index is 499. The molecule has 0 aliphatic rings. The molecule has 7 nitrogen and oxygen atoms in total. The number of carboxylic acid groups (broad SMARTS) is 1. The number of nitrogens with one attached hydrogen (secondary N) is 2. The lowest BCUT2D eigenvalue weighted by atomic mass is 10.2. The Balaban J connectivity index is 2.47. The second-order valence-electron chi connectivity index (χ2n) is 3.61. The van der Waals surface area contributed by atoms with E-state index in [1.807, 2.05) is 5.32 Å². The van der Waals surface area contributed by atoms with Crippen molar-refractivity contribution in [3.8, 4) is 0 Å². The highest BCUT2D eigenvalue weighted by Crippen LogP contribution is 2.06. The molecule has 0 fully saturated rings. The monoisotopic (exact) mass is 263 g/mol. The zero-order chi connectivity index (χ0) is 14.3. The standard InChI is InChI=1S/C12H13N3O4/c1-8(9-4-2-3-7-13-9)14-12(19)15-10(16)5-6-11(17)18/h2-8H,1H3,(H,17,18)(H2,14,15,16,19)/b6-5+. The van der Waals surface area contributed by atoms with Gasteiger partial charge in [-0.3, -0.25) is 15.1 Å². The molecule has 0 aliphatic carbocycles. The van der Waals surface area contributed by atoms with E-state index in [1.165, 1.54) is 0 Å². The van der Waals surface area contributed by atoms with Crippen LogP contribution in [-0.4, -0.2) is 28.0 Å². The maximum atomic E-state index is 11.4. The summed E-state index contributed by atoms with van der Waals surface area (Å²) in [7, 11) is 0. The highest BCUT2D eigenvalue weighted by atomic mass is 16.4. The molecule has 0 radical (unpaired) electrons. The second kappa shape index (κ2) is 6.90. The molecule has 0 aliphatic heterocycles. The topological polar surface area (TPSA) is 108 Å². The highest BCUT2D eigenvalue weighted by molar-refractivity contribution is 6.02. The van der Waals surface area contributed by atoms with Gasteiger partial charge in [0.15, 0.2) is 0 Å². The largest absolute Gasteiger partial charge is 0.478 e. The summed E-state index contributed by atoms with van der Waals surface area (Å²) in [6.45, 7) is 1.71. The van der Waals surface area contributed by atoms with Crippen molar-refractivity contribution in [1.29, 1.82) is 0 Å². The molecule has 1 aromatic rings. The van der Waals surface area contributed by atoms with Crippen molar-refractivity contribution in [2.75, 3.05) is 0 Å². The average Bonchev–Trinajstić information content (AvgIpc) is 2.37. The summed E-state index contributed by atoms with van der Waals surface area (Å²) in [5.74, 6) is -2.08. The van der Waals surface area contributed by atoms with Crippen molar-refractivity contribution in [3.05, 3.63) is 42.2 Å². The first-order valence-electron chi connectivity index (χ1n) is 5.42. The first-order valence-corrected chi connectivity index (χ1v) is 5.42. The van der Waals surface area contributed by atoms with Crippen LogP contribution < -0.4 is 10.6 Å². The molecule has 1 heterocycles. The number of carbonyl (C=O) groups is 3. The fourth-order valence-corrected chi connectivity index (χ4v) is 1.24. The third-order valence-corrected chi connectivity index (χ3v) is 2.09. The number of pyridine rings is 1. The summed E-state index contributed by atoms with van der Waals surface area (Å²) < 4.78 is 0. The number of nitrogens with zero attached hydrogens (tertiary/aromatic N) is 1. The Kier molecular flexibility index (Phi) is 5.21. The normalized spacial score (nSPS) is 11.8.